The third-order valence-electron chi connectivity index (χ3n) is 1.65. The van der Waals surface area contributed by atoms with E-state index >= 15 is 0 Å². The maximum atomic E-state index is 5.19. The summed E-state index contributed by atoms with van der Waals surface area (Å²) in [4.78, 5) is 10.2. The van der Waals surface area contributed by atoms with E-state index in [0.29, 0.717) is 6.54 Å². The average molecular weight is 175 g/mol. The SMILES string of the molecule is C#CCN(C)Cc1cc(C)ncn1. The summed E-state index contributed by atoms with van der Waals surface area (Å²) < 4.78 is 0. The van der Waals surface area contributed by atoms with E-state index in [1.807, 2.05) is 24.9 Å². The number of nitrogens with zero attached hydrogens (tertiary/aromatic N) is 3. The van der Waals surface area contributed by atoms with Gasteiger partial charge in [-0.3, -0.25) is 4.90 Å². The van der Waals surface area contributed by atoms with Gasteiger partial charge in [-0.2, -0.15) is 0 Å². The minimum Gasteiger partial charge on any atom is -0.290 e. The summed E-state index contributed by atoms with van der Waals surface area (Å²) in [5.74, 6) is 2.58. The maximum Gasteiger partial charge on any atom is 0.115 e. The highest BCUT2D eigenvalue weighted by molar-refractivity contribution is 5.06. The van der Waals surface area contributed by atoms with Gasteiger partial charge in [0.25, 0.3) is 0 Å². The molecule has 0 aliphatic heterocycles. The lowest BCUT2D eigenvalue weighted by molar-refractivity contribution is 0.364. The molecule has 0 saturated carbocycles. The lowest BCUT2D eigenvalue weighted by atomic mass is 10.3. The quantitative estimate of drug-likeness (QED) is 0.638. The summed E-state index contributed by atoms with van der Waals surface area (Å²) in [6.45, 7) is 3.36. The molecule has 1 heterocycles. The molecule has 0 aliphatic rings. The summed E-state index contributed by atoms with van der Waals surface area (Å²) in [5, 5.41) is 0. The van der Waals surface area contributed by atoms with Crippen LogP contribution in [0.15, 0.2) is 12.4 Å². The van der Waals surface area contributed by atoms with E-state index in [9.17, 15) is 0 Å². The molecule has 3 heteroatoms. The number of hydrogen-bond donors (Lipinski definition) is 0. The Hall–Kier alpha value is -1.40. The van der Waals surface area contributed by atoms with Crippen LogP contribution < -0.4 is 0 Å². The van der Waals surface area contributed by atoms with E-state index in [1.54, 1.807) is 6.33 Å². The Morgan fingerprint density at radius 2 is 2.31 bits per heavy atom. The third-order valence-corrected chi connectivity index (χ3v) is 1.65. The molecule has 0 amide bonds. The van der Waals surface area contributed by atoms with E-state index < -0.39 is 0 Å². The molecule has 0 aromatic carbocycles. The van der Waals surface area contributed by atoms with Crippen molar-refractivity contribution < 1.29 is 0 Å². The van der Waals surface area contributed by atoms with E-state index in [2.05, 4.69) is 15.9 Å². The minimum atomic E-state index is 0.642. The van der Waals surface area contributed by atoms with Gasteiger partial charge in [-0.25, -0.2) is 9.97 Å². The van der Waals surface area contributed by atoms with Gasteiger partial charge >= 0.3 is 0 Å². The lowest BCUT2D eigenvalue weighted by Gasteiger charge is -2.11. The first-order valence-corrected chi connectivity index (χ1v) is 4.12. The molecule has 0 fully saturated rings. The Labute approximate surface area is 78.8 Å². The lowest BCUT2D eigenvalue weighted by Crippen LogP contribution is -2.18. The van der Waals surface area contributed by atoms with Crippen molar-refractivity contribution in [2.45, 2.75) is 13.5 Å². The van der Waals surface area contributed by atoms with Crippen molar-refractivity contribution in [1.29, 1.82) is 0 Å². The number of aryl methyl sites for hydroxylation is 1. The molecule has 0 atom stereocenters. The van der Waals surface area contributed by atoms with Gasteiger partial charge in [0.05, 0.1) is 12.2 Å². The summed E-state index contributed by atoms with van der Waals surface area (Å²) >= 11 is 0. The first-order chi connectivity index (χ1) is 6.22. The second-order valence-corrected chi connectivity index (χ2v) is 3.03. The first-order valence-electron chi connectivity index (χ1n) is 4.12. The van der Waals surface area contributed by atoms with E-state index in [-0.39, 0.29) is 0 Å². The van der Waals surface area contributed by atoms with Crippen molar-refractivity contribution in [2.75, 3.05) is 13.6 Å². The molecule has 1 rings (SSSR count). The number of terminal acetylenes is 1. The normalized spacial score (nSPS) is 10.0. The summed E-state index contributed by atoms with van der Waals surface area (Å²) in [6, 6.07) is 1.97. The molecule has 0 spiro atoms. The highest BCUT2D eigenvalue weighted by Crippen LogP contribution is 1.99. The molecule has 0 unspecified atom stereocenters. The average Bonchev–Trinajstić information content (AvgIpc) is 2.04. The fourth-order valence-electron chi connectivity index (χ4n) is 1.08. The van der Waals surface area contributed by atoms with Crippen LogP contribution in [-0.2, 0) is 6.54 Å². The number of rotatable bonds is 3. The van der Waals surface area contributed by atoms with Crippen LogP contribution in [0.4, 0.5) is 0 Å². The molecule has 0 saturated heterocycles. The topological polar surface area (TPSA) is 29.0 Å². The Morgan fingerprint density at radius 3 is 2.92 bits per heavy atom. The number of aromatic nitrogens is 2. The molecule has 0 bridgehead atoms. The van der Waals surface area contributed by atoms with Crippen LogP contribution in [-0.4, -0.2) is 28.5 Å². The maximum absolute atomic E-state index is 5.19. The van der Waals surface area contributed by atoms with Gasteiger partial charge < -0.3 is 0 Å². The summed E-state index contributed by atoms with van der Waals surface area (Å²) in [7, 11) is 1.97. The van der Waals surface area contributed by atoms with Crippen molar-refractivity contribution in [3.63, 3.8) is 0 Å². The van der Waals surface area contributed by atoms with Crippen LogP contribution in [0.5, 0.6) is 0 Å². The van der Waals surface area contributed by atoms with Gasteiger partial charge in [0, 0.05) is 12.2 Å². The van der Waals surface area contributed by atoms with Crippen LogP contribution in [0.1, 0.15) is 11.4 Å². The Balaban J connectivity index is 2.59. The molecule has 3 nitrogen and oxygen atoms in total. The molecule has 13 heavy (non-hydrogen) atoms. The summed E-state index contributed by atoms with van der Waals surface area (Å²) in [5.41, 5.74) is 1.99. The minimum absolute atomic E-state index is 0.642. The largest absolute Gasteiger partial charge is 0.290 e. The van der Waals surface area contributed by atoms with Crippen LogP contribution in [0.25, 0.3) is 0 Å². The van der Waals surface area contributed by atoms with Crippen LogP contribution in [0.2, 0.25) is 0 Å². The Morgan fingerprint density at radius 1 is 1.54 bits per heavy atom. The van der Waals surface area contributed by atoms with Crippen molar-refractivity contribution in [3.8, 4) is 12.3 Å². The predicted molar refractivity (Wildman–Crippen MR) is 51.9 cm³/mol. The zero-order valence-electron chi connectivity index (χ0n) is 7.99. The van der Waals surface area contributed by atoms with Gasteiger partial charge in [0.15, 0.2) is 0 Å². The van der Waals surface area contributed by atoms with Crippen molar-refractivity contribution in [3.05, 3.63) is 23.8 Å². The van der Waals surface area contributed by atoms with Crippen LogP contribution in [0, 0.1) is 19.3 Å². The van der Waals surface area contributed by atoms with Crippen molar-refractivity contribution in [1.82, 2.24) is 14.9 Å². The van der Waals surface area contributed by atoms with Gasteiger partial charge in [-0.1, -0.05) is 5.92 Å². The zero-order chi connectivity index (χ0) is 9.68. The zero-order valence-corrected chi connectivity index (χ0v) is 7.99. The van der Waals surface area contributed by atoms with Gasteiger partial charge in [0.2, 0.25) is 0 Å². The second kappa shape index (κ2) is 4.58. The van der Waals surface area contributed by atoms with Crippen molar-refractivity contribution >= 4 is 0 Å². The van der Waals surface area contributed by atoms with Crippen LogP contribution in [0.3, 0.4) is 0 Å². The summed E-state index contributed by atoms with van der Waals surface area (Å²) in [6.07, 6.45) is 6.77. The Kier molecular flexibility index (Phi) is 3.41. The van der Waals surface area contributed by atoms with E-state index in [4.69, 9.17) is 6.42 Å². The molecule has 1 aromatic heterocycles. The Bertz CT molecular complexity index is 314. The molecular formula is C10H13N3. The van der Waals surface area contributed by atoms with E-state index in [1.165, 1.54) is 0 Å². The van der Waals surface area contributed by atoms with Crippen molar-refractivity contribution in [2.24, 2.45) is 0 Å². The standard InChI is InChI=1S/C10H13N3/c1-4-5-13(3)7-10-6-9(2)11-8-12-10/h1,6,8H,5,7H2,2-3H3. The molecule has 68 valence electrons. The van der Waals surface area contributed by atoms with Gasteiger partial charge in [-0.15, -0.1) is 6.42 Å². The molecule has 1 aromatic rings. The second-order valence-electron chi connectivity index (χ2n) is 3.03. The monoisotopic (exact) mass is 175 g/mol. The highest BCUT2D eigenvalue weighted by atomic mass is 15.1. The fourth-order valence-corrected chi connectivity index (χ4v) is 1.08. The first kappa shape index (κ1) is 9.69. The smallest absolute Gasteiger partial charge is 0.115 e. The predicted octanol–water partition coefficient (Wildman–Crippen LogP) is 0.850. The van der Waals surface area contributed by atoms with E-state index in [0.717, 1.165) is 17.9 Å². The molecule has 0 aliphatic carbocycles. The van der Waals surface area contributed by atoms with Crippen LogP contribution >= 0.6 is 0 Å². The fraction of sp³-hybridized carbons (Fsp3) is 0.400. The number of hydrogen-bond acceptors (Lipinski definition) is 3. The molecular weight excluding hydrogens is 162 g/mol. The molecule has 0 radical (unpaired) electrons. The van der Waals surface area contributed by atoms with Gasteiger partial charge in [-0.05, 0) is 20.0 Å². The third kappa shape index (κ3) is 3.22. The molecule has 0 N–H and O–H groups in total. The highest BCUT2D eigenvalue weighted by Gasteiger charge is 1.99. The van der Waals surface area contributed by atoms with Gasteiger partial charge in [0.1, 0.15) is 6.33 Å².